The van der Waals surface area contributed by atoms with Crippen LogP contribution in [0.15, 0.2) is 41.0 Å². The molecular weight excluding hydrogens is 308 g/mol. The number of nitrogens with zero attached hydrogens (tertiary/aromatic N) is 1. The van der Waals surface area contributed by atoms with Gasteiger partial charge in [0.15, 0.2) is 0 Å². The molecule has 4 nitrogen and oxygen atoms in total. The summed E-state index contributed by atoms with van der Waals surface area (Å²) in [6.45, 7) is 0.719. The first-order valence-electron chi connectivity index (χ1n) is 5.79. The van der Waals surface area contributed by atoms with Gasteiger partial charge in [-0.3, -0.25) is 0 Å². The minimum Gasteiger partial charge on any atom is -0.496 e. The quantitative estimate of drug-likeness (QED) is 0.915. The van der Waals surface area contributed by atoms with Crippen LogP contribution in [0, 0.1) is 0 Å². The van der Waals surface area contributed by atoms with Gasteiger partial charge in [0, 0.05) is 12.6 Å². The van der Waals surface area contributed by atoms with Crippen LogP contribution in [0.5, 0.6) is 11.6 Å². The number of halogens is 1. The van der Waals surface area contributed by atoms with E-state index in [2.05, 4.69) is 26.2 Å². The second kappa shape index (κ2) is 6.43. The number of hydrogen-bond acceptors (Lipinski definition) is 4. The largest absolute Gasteiger partial charge is 0.496 e. The molecule has 1 aromatic carbocycles. The summed E-state index contributed by atoms with van der Waals surface area (Å²) in [4.78, 5) is 4.14. The van der Waals surface area contributed by atoms with Gasteiger partial charge >= 0.3 is 0 Å². The molecule has 0 aliphatic carbocycles. The molecule has 0 bridgehead atoms. The highest BCUT2D eigenvalue weighted by Gasteiger charge is 2.01. The van der Waals surface area contributed by atoms with E-state index >= 15 is 0 Å². The van der Waals surface area contributed by atoms with Crippen molar-refractivity contribution in [1.82, 2.24) is 4.98 Å². The molecule has 0 amide bonds. The lowest BCUT2D eigenvalue weighted by atomic mass is 10.2. The number of rotatable bonds is 5. The molecule has 0 saturated heterocycles. The van der Waals surface area contributed by atoms with Crippen molar-refractivity contribution >= 4 is 21.6 Å². The molecule has 19 heavy (non-hydrogen) atoms. The van der Waals surface area contributed by atoms with Gasteiger partial charge in [-0.2, -0.15) is 0 Å². The first-order chi connectivity index (χ1) is 9.22. The second-order valence-corrected chi connectivity index (χ2v) is 4.77. The van der Waals surface area contributed by atoms with Crippen LogP contribution in [-0.2, 0) is 6.54 Å². The van der Waals surface area contributed by atoms with Crippen molar-refractivity contribution < 1.29 is 9.47 Å². The average Bonchev–Trinajstić information content (AvgIpc) is 2.46. The van der Waals surface area contributed by atoms with Gasteiger partial charge in [-0.1, -0.05) is 6.07 Å². The van der Waals surface area contributed by atoms with Gasteiger partial charge in [0.05, 0.1) is 30.6 Å². The predicted octanol–water partition coefficient (Wildman–Crippen LogP) is 3.47. The molecule has 100 valence electrons. The number of pyridine rings is 1. The van der Waals surface area contributed by atoms with E-state index in [1.165, 1.54) is 0 Å². The summed E-state index contributed by atoms with van der Waals surface area (Å²) in [6, 6.07) is 9.75. The van der Waals surface area contributed by atoms with E-state index in [0.29, 0.717) is 5.88 Å². The van der Waals surface area contributed by atoms with Crippen LogP contribution in [0.25, 0.3) is 0 Å². The highest BCUT2D eigenvalue weighted by atomic mass is 79.9. The molecule has 0 saturated carbocycles. The van der Waals surface area contributed by atoms with E-state index < -0.39 is 0 Å². The van der Waals surface area contributed by atoms with E-state index in [-0.39, 0.29) is 0 Å². The molecule has 0 aliphatic rings. The molecule has 0 spiro atoms. The molecule has 0 unspecified atom stereocenters. The van der Waals surface area contributed by atoms with Gasteiger partial charge in [-0.15, -0.1) is 0 Å². The van der Waals surface area contributed by atoms with E-state index in [0.717, 1.165) is 28.0 Å². The Morgan fingerprint density at radius 1 is 1.16 bits per heavy atom. The summed E-state index contributed by atoms with van der Waals surface area (Å²) in [5.74, 6) is 1.44. The zero-order valence-corrected chi connectivity index (χ0v) is 12.4. The Labute approximate surface area is 120 Å². The minimum atomic E-state index is 0.609. The Morgan fingerprint density at radius 2 is 2.00 bits per heavy atom. The van der Waals surface area contributed by atoms with Crippen LogP contribution in [0.4, 0.5) is 5.69 Å². The van der Waals surface area contributed by atoms with Crippen LogP contribution >= 0.6 is 15.9 Å². The van der Waals surface area contributed by atoms with Crippen molar-refractivity contribution in [3.63, 3.8) is 0 Å². The van der Waals surface area contributed by atoms with Crippen molar-refractivity contribution in [2.45, 2.75) is 6.54 Å². The van der Waals surface area contributed by atoms with Gasteiger partial charge in [0.1, 0.15) is 5.75 Å². The summed E-state index contributed by atoms with van der Waals surface area (Å²) in [6.07, 6.45) is 1.75. The first kappa shape index (κ1) is 13.7. The highest BCUT2D eigenvalue weighted by molar-refractivity contribution is 9.10. The number of anilines is 1. The molecule has 2 rings (SSSR count). The van der Waals surface area contributed by atoms with Crippen molar-refractivity contribution in [2.24, 2.45) is 0 Å². The van der Waals surface area contributed by atoms with Crippen molar-refractivity contribution in [3.05, 3.63) is 46.6 Å². The fourth-order valence-corrected chi connectivity index (χ4v) is 2.22. The van der Waals surface area contributed by atoms with Crippen LogP contribution in [0.1, 0.15) is 5.56 Å². The Kier molecular flexibility index (Phi) is 4.63. The molecule has 2 aromatic rings. The Balaban J connectivity index is 1.99. The third-order valence-electron chi connectivity index (χ3n) is 2.66. The molecule has 5 heteroatoms. The fraction of sp³-hybridized carbons (Fsp3) is 0.214. The van der Waals surface area contributed by atoms with Crippen molar-refractivity contribution in [3.8, 4) is 11.6 Å². The molecule has 1 aromatic heterocycles. The summed E-state index contributed by atoms with van der Waals surface area (Å²) >= 11 is 3.47. The molecule has 0 fully saturated rings. The number of ether oxygens (including phenoxy) is 2. The van der Waals surface area contributed by atoms with Gasteiger partial charge < -0.3 is 14.8 Å². The number of nitrogens with one attached hydrogen (secondary N) is 1. The van der Waals surface area contributed by atoms with Crippen LogP contribution in [-0.4, -0.2) is 19.2 Å². The van der Waals surface area contributed by atoms with Gasteiger partial charge in [-0.25, -0.2) is 4.98 Å². The number of methoxy groups -OCH3 is 2. The molecule has 1 N–H and O–H groups in total. The molecule has 0 aliphatic heterocycles. The zero-order valence-electron chi connectivity index (χ0n) is 10.8. The minimum absolute atomic E-state index is 0.609. The monoisotopic (exact) mass is 322 g/mol. The fourth-order valence-electron chi connectivity index (χ4n) is 1.63. The van der Waals surface area contributed by atoms with Crippen molar-refractivity contribution in [2.75, 3.05) is 19.5 Å². The second-order valence-electron chi connectivity index (χ2n) is 3.91. The van der Waals surface area contributed by atoms with Crippen molar-refractivity contribution in [1.29, 1.82) is 0 Å². The normalized spacial score (nSPS) is 10.1. The summed E-state index contributed by atoms with van der Waals surface area (Å²) < 4.78 is 11.2. The lowest BCUT2D eigenvalue weighted by Crippen LogP contribution is -2.00. The van der Waals surface area contributed by atoms with E-state index in [4.69, 9.17) is 9.47 Å². The maximum Gasteiger partial charge on any atom is 0.213 e. The number of hydrogen-bond donors (Lipinski definition) is 1. The van der Waals surface area contributed by atoms with Gasteiger partial charge in [0.2, 0.25) is 5.88 Å². The number of aromatic nitrogens is 1. The van der Waals surface area contributed by atoms with Gasteiger partial charge in [0.25, 0.3) is 0 Å². The van der Waals surface area contributed by atoms with E-state index in [1.54, 1.807) is 20.4 Å². The summed E-state index contributed by atoms with van der Waals surface area (Å²) in [5, 5.41) is 3.30. The highest BCUT2D eigenvalue weighted by Crippen LogP contribution is 2.25. The lowest BCUT2D eigenvalue weighted by Gasteiger charge is -2.09. The molecule has 1 heterocycles. The van der Waals surface area contributed by atoms with Gasteiger partial charge in [-0.05, 0) is 39.7 Å². The van der Waals surface area contributed by atoms with Crippen LogP contribution in [0.3, 0.4) is 0 Å². The maximum atomic E-state index is 5.20. The van der Waals surface area contributed by atoms with Crippen LogP contribution in [0.2, 0.25) is 0 Å². The Hall–Kier alpha value is -1.75. The number of benzene rings is 1. The SMILES string of the molecule is COc1ccc(NCc2ccc(OC)c(Br)c2)cn1. The Morgan fingerprint density at radius 3 is 2.58 bits per heavy atom. The third-order valence-corrected chi connectivity index (χ3v) is 3.28. The molecule has 0 atom stereocenters. The summed E-state index contributed by atoms with van der Waals surface area (Å²) in [5.41, 5.74) is 2.11. The average molecular weight is 323 g/mol. The topological polar surface area (TPSA) is 43.4 Å². The summed E-state index contributed by atoms with van der Waals surface area (Å²) in [7, 11) is 3.26. The smallest absolute Gasteiger partial charge is 0.213 e. The zero-order chi connectivity index (χ0) is 13.7. The lowest BCUT2D eigenvalue weighted by molar-refractivity contribution is 0.398. The first-order valence-corrected chi connectivity index (χ1v) is 6.58. The van der Waals surface area contributed by atoms with E-state index in [9.17, 15) is 0 Å². The molecular formula is C14H15BrN2O2. The molecule has 0 radical (unpaired) electrons. The predicted molar refractivity (Wildman–Crippen MR) is 78.8 cm³/mol. The van der Waals surface area contributed by atoms with Crippen LogP contribution < -0.4 is 14.8 Å². The standard InChI is InChI=1S/C14H15BrN2O2/c1-18-13-5-3-10(7-12(13)15)8-16-11-4-6-14(19-2)17-9-11/h3-7,9,16H,8H2,1-2H3. The van der Waals surface area contributed by atoms with E-state index in [1.807, 2.05) is 30.3 Å². The maximum absolute atomic E-state index is 5.20. The third kappa shape index (κ3) is 3.61. The Bertz CT molecular complexity index is 544.